The molecule has 13 nitrogen and oxygen atoms in total. The second-order valence-corrected chi connectivity index (χ2v) is 12.0. The molecule has 242 valence electrons. The maximum Gasteiger partial charge on any atom is 0.506 e. The normalized spacial score (nSPS) is 21.3. The van der Waals surface area contributed by atoms with Crippen LogP contribution in [0.1, 0.15) is 44.1 Å². The van der Waals surface area contributed by atoms with Gasteiger partial charge in [0, 0.05) is 62.7 Å². The fourth-order valence-corrected chi connectivity index (χ4v) is 5.82. The van der Waals surface area contributed by atoms with Gasteiger partial charge in [-0.1, -0.05) is 27.2 Å². The zero-order chi connectivity index (χ0) is 32.2. The number of carboxylic acid groups (broad SMARTS) is 1. The van der Waals surface area contributed by atoms with Crippen LogP contribution in [0.2, 0.25) is 0 Å². The average Bonchev–Trinajstić information content (AvgIpc) is 3.43. The fraction of sp³-hybridized carbons (Fsp3) is 0.548. The molecule has 1 aromatic heterocycles. The molecule has 2 aliphatic heterocycles. The summed E-state index contributed by atoms with van der Waals surface area (Å²) in [7, 11) is 0. The number of nitrogens with one attached hydrogen (secondary N) is 1. The third-order valence-electron chi connectivity index (χ3n) is 8.52. The van der Waals surface area contributed by atoms with Crippen LogP contribution in [-0.2, 0) is 14.3 Å². The van der Waals surface area contributed by atoms with E-state index in [-0.39, 0.29) is 47.4 Å². The van der Waals surface area contributed by atoms with Gasteiger partial charge in [-0.05, 0) is 36.6 Å². The minimum atomic E-state index is -1.30. The number of hydrogen-bond donors (Lipinski definition) is 2. The third kappa shape index (κ3) is 7.43. The molecular weight excluding hydrogens is 587 g/mol. The van der Waals surface area contributed by atoms with E-state index in [1.165, 1.54) is 24.3 Å². The molecule has 0 radical (unpaired) electrons. The number of halogens is 1. The molecule has 2 N–H and O–H groups in total. The van der Waals surface area contributed by atoms with Gasteiger partial charge in [0.25, 0.3) is 5.91 Å². The van der Waals surface area contributed by atoms with Gasteiger partial charge < -0.3 is 34.6 Å². The van der Waals surface area contributed by atoms with E-state index in [4.69, 9.17) is 14.6 Å². The highest BCUT2D eigenvalue weighted by atomic mass is 19.1. The third-order valence-corrected chi connectivity index (χ3v) is 8.52. The first kappa shape index (κ1) is 31.9. The van der Waals surface area contributed by atoms with E-state index in [0.29, 0.717) is 57.3 Å². The van der Waals surface area contributed by atoms with Crippen molar-refractivity contribution in [1.82, 2.24) is 25.1 Å². The van der Waals surface area contributed by atoms with Crippen molar-refractivity contribution in [2.75, 3.05) is 50.8 Å². The van der Waals surface area contributed by atoms with Gasteiger partial charge in [-0.15, -0.1) is 0 Å². The van der Waals surface area contributed by atoms with E-state index in [0.717, 1.165) is 12.8 Å². The Hall–Kier alpha value is -4.49. The van der Waals surface area contributed by atoms with Gasteiger partial charge in [0.05, 0.1) is 6.61 Å². The van der Waals surface area contributed by atoms with E-state index >= 15 is 0 Å². The molecule has 3 fully saturated rings. The smallest absolute Gasteiger partial charge is 0.450 e. The molecule has 3 aliphatic rings. The van der Waals surface area contributed by atoms with Crippen molar-refractivity contribution in [1.29, 1.82) is 0 Å². The van der Waals surface area contributed by atoms with Crippen molar-refractivity contribution in [2.24, 2.45) is 17.8 Å². The first-order chi connectivity index (χ1) is 21.5. The van der Waals surface area contributed by atoms with Crippen LogP contribution in [0.5, 0.6) is 0 Å². The molecule has 1 aromatic carbocycles. The number of carbonyl (C=O) groups excluding carboxylic acids is 3. The summed E-state index contributed by atoms with van der Waals surface area (Å²) in [5, 5.41) is 11.8. The molecule has 1 aliphatic carbocycles. The van der Waals surface area contributed by atoms with Crippen molar-refractivity contribution in [3.8, 4) is 11.4 Å². The predicted molar refractivity (Wildman–Crippen MR) is 160 cm³/mol. The molecule has 3 heterocycles. The van der Waals surface area contributed by atoms with Gasteiger partial charge in [0.15, 0.2) is 5.82 Å². The number of ether oxygens (including phenoxy) is 2. The SMILES string of the molecule is CCCCOC(=O)N1CCN(C(=O)[C@@H](NC(=O)c2cc(N3C[C@@H]4[C@H](C3)[C@@H]4OC(=O)O)nc(-c3ccc(F)cc3)n2)C(C)C)CC1. The number of piperidine rings is 1. The lowest BCUT2D eigenvalue weighted by molar-refractivity contribution is -0.136. The Kier molecular flexibility index (Phi) is 9.68. The summed E-state index contributed by atoms with van der Waals surface area (Å²) < 4.78 is 23.9. The molecule has 5 rings (SSSR count). The van der Waals surface area contributed by atoms with Gasteiger partial charge >= 0.3 is 12.2 Å². The number of amides is 3. The highest BCUT2D eigenvalue weighted by Crippen LogP contribution is 2.48. The summed E-state index contributed by atoms with van der Waals surface area (Å²) in [6.45, 7) is 8.35. The number of fused-ring (bicyclic) bond motifs is 1. The summed E-state index contributed by atoms with van der Waals surface area (Å²) in [5.41, 5.74) is 0.544. The number of anilines is 1. The standard InChI is InChI=1S/C31H39FN6O7/c1-4-5-14-44-30(41)37-12-10-36(11-13-37)29(40)25(18(2)3)35-28(39)23-15-24(34-27(33-23)19-6-8-20(32)9-7-19)38-16-21-22(17-38)26(21)45-31(42)43/h6-9,15,18,21-22,25-26H,4-5,10-14,16-17H2,1-3H3,(H,35,39)(H,42,43)/t21-,22+,25-,26-/m0/s1. The van der Waals surface area contributed by atoms with Crippen molar-refractivity contribution in [3.63, 3.8) is 0 Å². The molecule has 14 heteroatoms. The van der Waals surface area contributed by atoms with Gasteiger partial charge in [-0.2, -0.15) is 0 Å². The van der Waals surface area contributed by atoms with Crippen molar-refractivity contribution in [2.45, 2.75) is 45.8 Å². The minimum absolute atomic E-state index is 0.0317. The number of unbranched alkanes of at least 4 members (excludes halogenated alkanes) is 1. The zero-order valence-corrected chi connectivity index (χ0v) is 25.6. The van der Waals surface area contributed by atoms with Gasteiger partial charge in [-0.3, -0.25) is 9.59 Å². The molecule has 2 saturated heterocycles. The molecule has 4 atom stereocenters. The number of rotatable bonds is 10. The molecule has 3 amide bonds. The second kappa shape index (κ2) is 13.7. The van der Waals surface area contributed by atoms with Crippen LogP contribution < -0.4 is 10.2 Å². The molecule has 0 unspecified atom stereocenters. The van der Waals surface area contributed by atoms with Gasteiger partial charge in [0.2, 0.25) is 5.91 Å². The number of benzene rings is 1. The number of hydrogen-bond acceptors (Lipinski definition) is 9. The highest BCUT2D eigenvalue weighted by molar-refractivity contribution is 5.97. The van der Waals surface area contributed by atoms with Crippen LogP contribution in [0, 0.1) is 23.6 Å². The Labute approximate surface area is 260 Å². The van der Waals surface area contributed by atoms with Crippen LogP contribution in [0.15, 0.2) is 30.3 Å². The summed E-state index contributed by atoms with van der Waals surface area (Å²) in [4.78, 5) is 64.8. The lowest BCUT2D eigenvalue weighted by Crippen LogP contribution is -2.57. The van der Waals surface area contributed by atoms with Crippen LogP contribution in [0.25, 0.3) is 11.4 Å². The van der Waals surface area contributed by atoms with Crippen molar-refractivity contribution >= 4 is 29.9 Å². The first-order valence-electron chi connectivity index (χ1n) is 15.4. The highest BCUT2D eigenvalue weighted by Gasteiger charge is 2.59. The number of nitrogens with zero attached hydrogens (tertiary/aromatic N) is 5. The monoisotopic (exact) mass is 626 g/mol. The van der Waals surface area contributed by atoms with Crippen molar-refractivity contribution in [3.05, 3.63) is 41.8 Å². The Morgan fingerprint density at radius 2 is 1.67 bits per heavy atom. The maximum absolute atomic E-state index is 13.7. The van der Waals surface area contributed by atoms with Crippen molar-refractivity contribution < 1.29 is 38.1 Å². The average molecular weight is 627 g/mol. The topological polar surface area (TPSA) is 154 Å². The Morgan fingerprint density at radius 1 is 1.02 bits per heavy atom. The second-order valence-electron chi connectivity index (χ2n) is 12.0. The summed E-state index contributed by atoms with van der Waals surface area (Å²) in [6.07, 6.45) is -0.333. The molecule has 0 bridgehead atoms. The largest absolute Gasteiger partial charge is 0.506 e. The first-order valence-corrected chi connectivity index (χ1v) is 15.4. The Bertz CT molecular complexity index is 1400. The Balaban J connectivity index is 1.29. The fourth-order valence-electron chi connectivity index (χ4n) is 5.82. The van der Waals surface area contributed by atoms with E-state index in [1.807, 2.05) is 25.7 Å². The van der Waals surface area contributed by atoms with Crippen LogP contribution in [-0.4, -0.2) is 107 Å². The Morgan fingerprint density at radius 3 is 2.27 bits per heavy atom. The molecule has 2 aromatic rings. The van der Waals surface area contributed by atoms with E-state index in [2.05, 4.69) is 15.3 Å². The zero-order valence-electron chi connectivity index (χ0n) is 25.6. The number of aromatic nitrogens is 2. The molecule has 0 spiro atoms. The maximum atomic E-state index is 13.7. The molecule has 45 heavy (non-hydrogen) atoms. The van der Waals surface area contributed by atoms with Gasteiger partial charge in [0.1, 0.15) is 29.5 Å². The van der Waals surface area contributed by atoms with E-state index < -0.39 is 23.9 Å². The summed E-state index contributed by atoms with van der Waals surface area (Å²) in [6, 6.07) is 6.30. The lowest BCUT2D eigenvalue weighted by Gasteiger charge is -2.36. The lowest BCUT2D eigenvalue weighted by atomic mass is 10.0. The summed E-state index contributed by atoms with van der Waals surface area (Å²) >= 11 is 0. The van der Waals surface area contributed by atoms with Crippen LogP contribution in [0.3, 0.4) is 0 Å². The van der Waals surface area contributed by atoms with E-state index in [9.17, 15) is 23.6 Å². The van der Waals surface area contributed by atoms with Gasteiger partial charge in [-0.25, -0.2) is 23.9 Å². The minimum Gasteiger partial charge on any atom is -0.450 e. The number of piperazine rings is 1. The van der Waals surface area contributed by atoms with Crippen LogP contribution in [0.4, 0.5) is 19.8 Å². The molecule has 1 saturated carbocycles. The number of carbonyl (C=O) groups is 4. The van der Waals surface area contributed by atoms with Crippen LogP contribution >= 0.6 is 0 Å². The summed E-state index contributed by atoms with van der Waals surface area (Å²) in [5.74, 6) is -0.750. The van der Waals surface area contributed by atoms with E-state index in [1.54, 1.807) is 15.9 Å². The molecular formula is C31H39FN6O7. The predicted octanol–water partition coefficient (Wildman–Crippen LogP) is 3.25. The quantitative estimate of drug-likeness (QED) is 0.297.